The van der Waals surface area contributed by atoms with Crippen molar-refractivity contribution in [1.82, 2.24) is 5.32 Å². The minimum absolute atomic E-state index is 0.0786. The molecule has 0 radical (unpaired) electrons. The number of carbonyl (C=O) groups is 1. The summed E-state index contributed by atoms with van der Waals surface area (Å²) in [6, 6.07) is 28.7. The molecule has 1 saturated heterocycles. The molecule has 1 amide bonds. The van der Waals surface area contributed by atoms with Crippen molar-refractivity contribution < 1.29 is 9.53 Å². The monoisotopic (exact) mass is 544 g/mol. The van der Waals surface area contributed by atoms with Crippen LogP contribution in [-0.4, -0.2) is 11.4 Å². The Balaban J connectivity index is 1.24. The number of nitrogens with one attached hydrogen (secondary N) is 2. The highest BCUT2D eigenvalue weighted by molar-refractivity contribution is 9.10. The maximum absolute atomic E-state index is 12.5. The average molecular weight is 546 g/mol. The standard InChI is InChI=1S/C29H25BrN2O2S/c1-2-19-10-13-23(14-11-19)31-29-32-28(33)27(35-29)17-20-12-15-26(25(30)16-20)34-18-22-8-5-7-21-6-3-4-9-24(21)22/h3-17,29,31H,2,18H2,1H3,(H,32,33)/b27-17-/t29-/m1/s1. The molecule has 5 rings (SSSR count). The fraction of sp³-hybridized carbons (Fsp3) is 0.138. The van der Waals surface area contributed by atoms with E-state index >= 15 is 0 Å². The first-order chi connectivity index (χ1) is 17.1. The topological polar surface area (TPSA) is 50.4 Å². The molecule has 0 aliphatic carbocycles. The van der Waals surface area contributed by atoms with Crippen LogP contribution in [0.3, 0.4) is 0 Å². The number of halogens is 1. The second kappa shape index (κ2) is 10.6. The third kappa shape index (κ3) is 5.55. The molecule has 4 aromatic rings. The highest BCUT2D eigenvalue weighted by Crippen LogP contribution is 2.33. The molecule has 1 heterocycles. The molecule has 35 heavy (non-hydrogen) atoms. The molecule has 1 fully saturated rings. The summed E-state index contributed by atoms with van der Waals surface area (Å²) in [4.78, 5) is 13.2. The molecule has 0 saturated carbocycles. The van der Waals surface area contributed by atoms with E-state index in [1.54, 1.807) is 0 Å². The number of rotatable bonds is 7. The molecule has 176 valence electrons. The molecule has 4 aromatic carbocycles. The van der Waals surface area contributed by atoms with Gasteiger partial charge in [-0.2, -0.15) is 0 Å². The average Bonchev–Trinajstić information content (AvgIpc) is 3.22. The zero-order chi connectivity index (χ0) is 24.2. The summed E-state index contributed by atoms with van der Waals surface area (Å²) in [5, 5.41) is 8.75. The number of aryl methyl sites for hydroxylation is 1. The summed E-state index contributed by atoms with van der Waals surface area (Å²) >= 11 is 5.11. The van der Waals surface area contributed by atoms with Crippen LogP contribution < -0.4 is 15.4 Å². The minimum atomic E-state index is -0.201. The van der Waals surface area contributed by atoms with Gasteiger partial charge in [0.25, 0.3) is 5.91 Å². The number of amides is 1. The second-order valence-electron chi connectivity index (χ2n) is 8.29. The van der Waals surface area contributed by atoms with Gasteiger partial charge in [0.1, 0.15) is 12.4 Å². The number of anilines is 1. The number of hydrogen-bond donors (Lipinski definition) is 2. The first kappa shape index (κ1) is 23.5. The largest absolute Gasteiger partial charge is 0.488 e. The van der Waals surface area contributed by atoms with Crippen molar-refractivity contribution in [2.45, 2.75) is 25.4 Å². The lowest BCUT2D eigenvalue weighted by Crippen LogP contribution is -2.30. The summed E-state index contributed by atoms with van der Waals surface area (Å²) in [6.07, 6.45) is 2.91. The van der Waals surface area contributed by atoms with E-state index in [-0.39, 0.29) is 11.4 Å². The third-order valence-corrected chi connectivity index (χ3v) is 7.56. The highest BCUT2D eigenvalue weighted by atomic mass is 79.9. The van der Waals surface area contributed by atoms with Crippen molar-refractivity contribution in [2.75, 3.05) is 5.32 Å². The molecule has 0 unspecified atom stereocenters. The number of ether oxygens (including phenoxy) is 1. The van der Waals surface area contributed by atoms with Gasteiger partial charge in [-0.25, -0.2) is 0 Å². The van der Waals surface area contributed by atoms with Crippen molar-refractivity contribution in [3.63, 3.8) is 0 Å². The number of hydrogen-bond acceptors (Lipinski definition) is 4. The third-order valence-electron chi connectivity index (χ3n) is 5.91. The fourth-order valence-electron chi connectivity index (χ4n) is 4.00. The molecular weight excluding hydrogens is 520 g/mol. The van der Waals surface area contributed by atoms with Crippen molar-refractivity contribution in [1.29, 1.82) is 0 Å². The van der Waals surface area contributed by atoms with Crippen LogP contribution in [0.2, 0.25) is 0 Å². The van der Waals surface area contributed by atoms with Gasteiger partial charge < -0.3 is 15.4 Å². The van der Waals surface area contributed by atoms with Gasteiger partial charge >= 0.3 is 0 Å². The van der Waals surface area contributed by atoms with Gasteiger partial charge in [0, 0.05) is 5.69 Å². The van der Waals surface area contributed by atoms with Crippen LogP contribution in [0, 0.1) is 0 Å². The molecule has 1 aliphatic heterocycles. The molecule has 6 heteroatoms. The second-order valence-corrected chi connectivity index (χ2v) is 10.3. The van der Waals surface area contributed by atoms with Crippen molar-refractivity contribution in [2.24, 2.45) is 0 Å². The van der Waals surface area contributed by atoms with E-state index in [1.165, 1.54) is 28.1 Å². The summed E-state index contributed by atoms with van der Waals surface area (Å²) in [5.41, 5.74) is 4.14. The zero-order valence-electron chi connectivity index (χ0n) is 19.3. The summed E-state index contributed by atoms with van der Waals surface area (Å²) in [7, 11) is 0. The normalized spacial score (nSPS) is 16.5. The van der Waals surface area contributed by atoms with Crippen LogP contribution in [0.1, 0.15) is 23.6 Å². The van der Waals surface area contributed by atoms with Gasteiger partial charge in [-0.15, -0.1) is 0 Å². The Morgan fingerprint density at radius 2 is 1.83 bits per heavy atom. The molecule has 2 N–H and O–H groups in total. The Bertz CT molecular complexity index is 1400. The van der Waals surface area contributed by atoms with E-state index in [9.17, 15) is 4.79 Å². The van der Waals surface area contributed by atoms with Gasteiger partial charge in [-0.3, -0.25) is 4.79 Å². The van der Waals surface area contributed by atoms with Crippen molar-refractivity contribution in [3.05, 3.63) is 111 Å². The molecule has 1 aliphatic rings. The maximum Gasteiger partial charge on any atom is 0.260 e. The molecule has 0 spiro atoms. The quantitative estimate of drug-likeness (QED) is 0.239. The van der Waals surface area contributed by atoms with E-state index in [2.05, 4.69) is 76.0 Å². The Morgan fingerprint density at radius 3 is 2.63 bits per heavy atom. The number of thioether (sulfide) groups is 1. The van der Waals surface area contributed by atoms with Crippen LogP contribution in [-0.2, 0) is 17.8 Å². The Hall–Kier alpha value is -3.22. The molecule has 1 atom stereocenters. The SMILES string of the molecule is CCc1ccc(N[C@@H]2NC(=O)/C(=C/c3ccc(OCc4cccc5ccccc45)c(Br)c3)S2)cc1. The summed E-state index contributed by atoms with van der Waals surface area (Å²) in [6.45, 7) is 2.61. The van der Waals surface area contributed by atoms with Gasteiger partial charge in [0.2, 0.25) is 0 Å². The van der Waals surface area contributed by atoms with E-state index in [4.69, 9.17) is 4.74 Å². The first-order valence-electron chi connectivity index (χ1n) is 11.5. The Morgan fingerprint density at radius 1 is 1.03 bits per heavy atom. The van der Waals surface area contributed by atoms with Crippen molar-refractivity contribution >= 4 is 56.1 Å². The highest BCUT2D eigenvalue weighted by Gasteiger charge is 2.27. The number of benzene rings is 4. The van der Waals surface area contributed by atoms with Crippen LogP contribution in [0.4, 0.5) is 5.69 Å². The number of fused-ring (bicyclic) bond motifs is 1. The molecule has 0 bridgehead atoms. The van der Waals surface area contributed by atoms with Gasteiger partial charge in [0.05, 0.1) is 9.38 Å². The zero-order valence-corrected chi connectivity index (χ0v) is 21.7. The van der Waals surface area contributed by atoms with E-state index in [0.29, 0.717) is 11.5 Å². The lowest BCUT2D eigenvalue weighted by atomic mass is 10.1. The molecular formula is C29H25BrN2O2S. The fourth-order valence-corrected chi connectivity index (χ4v) is 5.50. The van der Waals surface area contributed by atoms with E-state index in [0.717, 1.165) is 33.5 Å². The minimum Gasteiger partial charge on any atom is -0.488 e. The smallest absolute Gasteiger partial charge is 0.260 e. The summed E-state index contributed by atoms with van der Waals surface area (Å²) in [5.74, 6) is 0.684. The number of carbonyl (C=O) groups excluding carboxylic acids is 1. The van der Waals surface area contributed by atoms with Crippen LogP contribution in [0.15, 0.2) is 94.3 Å². The Kier molecular flexibility index (Phi) is 7.11. The van der Waals surface area contributed by atoms with Gasteiger partial charge in [0.15, 0.2) is 5.50 Å². The van der Waals surface area contributed by atoms with Crippen LogP contribution in [0.5, 0.6) is 5.75 Å². The maximum atomic E-state index is 12.5. The predicted octanol–water partition coefficient (Wildman–Crippen LogP) is 7.34. The van der Waals surface area contributed by atoms with Crippen LogP contribution >= 0.6 is 27.7 Å². The molecule has 0 aromatic heterocycles. The molecule has 4 nitrogen and oxygen atoms in total. The van der Waals surface area contributed by atoms with Crippen molar-refractivity contribution in [3.8, 4) is 5.75 Å². The van der Waals surface area contributed by atoms with Crippen LogP contribution in [0.25, 0.3) is 16.8 Å². The lowest BCUT2D eigenvalue weighted by molar-refractivity contribution is -0.116. The Labute approximate surface area is 217 Å². The lowest BCUT2D eigenvalue weighted by Gasteiger charge is -2.13. The van der Waals surface area contributed by atoms with E-state index < -0.39 is 0 Å². The van der Waals surface area contributed by atoms with E-state index in [1.807, 2.05) is 48.5 Å². The van der Waals surface area contributed by atoms with Gasteiger partial charge in [-0.1, -0.05) is 79.3 Å². The first-order valence-corrected chi connectivity index (χ1v) is 13.2. The summed E-state index contributed by atoms with van der Waals surface area (Å²) < 4.78 is 6.96. The van der Waals surface area contributed by atoms with Gasteiger partial charge in [-0.05, 0) is 80.2 Å². The predicted molar refractivity (Wildman–Crippen MR) is 149 cm³/mol.